The van der Waals surface area contributed by atoms with Gasteiger partial charge in [-0.05, 0) is 23.8 Å². The molecule has 27 heavy (non-hydrogen) atoms. The zero-order valence-electron chi connectivity index (χ0n) is 13.8. The number of nitrogens with zero attached hydrogens (tertiary/aromatic N) is 2. The third kappa shape index (κ3) is 3.82. The number of alkyl halides is 3. The second-order valence-corrected chi connectivity index (χ2v) is 5.72. The SMILES string of the molecule is O=C(NC[C@@H](O)c1ccccc1C(F)(F)F)c1cnc2ccccn2c1=O. The molecule has 3 rings (SSSR count). The van der Waals surface area contributed by atoms with Gasteiger partial charge in [0.1, 0.15) is 11.2 Å². The molecule has 0 bridgehead atoms. The first-order valence-corrected chi connectivity index (χ1v) is 7.88. The number of aromatic nitrogens is 2. The second-order valence-electron chi connectivity index (χ2n) is 5.72. The van der Waals surface area contributed by atoms with Gasteiger partial charge in [-0.2, -0.15) is 13.2 Å². The standard InChI is InChI=1S/C18H14F3N3O3/c19-18(20,21)13-6-2-1-5-11(13)14(25)10-23-16(26)12-9-22-15-7-3-4-8-24(15)17(12)27/h1-9,14,25H,10H2,(H,23,26)/t14-/m1/s1. The molecule has 0 saturated carbocycles. The molecule has 6 nitrogen and oxygen atoms in total. The number of aliphatic hydroxyl groups excluding tert-OH is 1. The molecule has 1 atom stereocenters. The summed E-state index contributed by atoms with van der Waals surface area (Å²) in [6, 6.07) is 9.40. The average Bonchev–Trinajstić information content (AvgIpc) is 2.65. The molecule has 0 saturated heterocycles. The molecule has 0 fully saturated rings. The smallest absolute Gasteiger partial charge is 0.387 e. The van der Waals surface area contributed by atoms with Crippen molar-refractivity contribution in [1.29, 1.82) is 0 Å². The molecular formula is C18H14F3N3O3. The fourth-order valence-electron chi connectivity index (χ4n) is 2.62. The van der Waals surface area contributed by atoms with E-state index < -0.39 is 35.9 Å². The van der Waals surface area contributed by atoms with E-state index in [1.54, 1.807) is 18.2 Å². The minimum atomic E-state index is -4.64. The molecule has 0 spiro atoms. The Bertz CT molecular complexity index is 1050. The van der Waals surface area contributed by atoms with Crippen molar-refractivity contribution in [2.45, 2.75) is 12.3 Å². The number of aliphatic hydroxyl groups is 1. The normalized spacial score (nSPS) is 12.7. The van der Waals surface area contributed by atoms with Gasteiger partial charge in [0, 0.05) is 18.9 Å². The summed E-state index contributed by atoms with van der Waals surface area (Å²) in [5.41, 5.74) is -1.91. The third-order valence-corrected chi connectivity index (χ3v) is 3.94. The van der Waals surface area contributed by atoms with E-state index in [4.69, 9.17) is 0 Å². The van der Waals surface area contributed by atoms with Gasteiger partial charge in [-0.25, -0.2) is 4.98 Å². The van der Waals surface area contributed by atoms with Crippen LogP contribution in [-0.4, -0.2) is 26.9 Å². The highest BCUT2D eigenvalue weighted by Crippen LogP contribution is 2.34. The maximum absolute atomic E-state index is 13.0. The number of pyridine rings is 1. The molecule has 0 aliphatic heterocycles. The predicted molar refractivity (Wildman–Crippen MR) is 90.2 cm³/mol. The molecule has 0 radical (unpaired) electrons. The topological polar surface area (TPSA) is 83.7 Å². The van der Waals surface area contributed by atoms with E-state index in [0.717, 1.165) is 18.3 Å². The number of carbonyl (C=O) groups excluding carboxylic acids is 1. The van der Waals surface area contributed by atoms with Crippen LogP contribution in [0.3, 0.4) is 0 Å². The van der Waals surface area contributed by atoms with Crippen LogP contribution in [0.4, 0.5) is 13.2 Å². The number of amides is 1. The monoisotopic (exact) mass is 377 g/mol. The van der Waals surface area contributed by atoms with Gasteiger partial charge in [-0.1, -0.05) is 24.3 Å². The number of hydrogen-bond acceptors (Lipinski definition) is 4. The summed E-state index contributed by atoms with van der Waals surface area (Å²) in [4.78, 5) is 28.5. The summed E-state index contributed by atoms with van der Waals surface area (Å²) in [7, 11) is 0. The Hall–Kier alpha value is -3.20. The van der Waals surface area contributed by atoms with Gasteiger partial charge < -0.3 is 10.4 Å². The highest BCUT2D eigenvalue weighted by atomic mass is 19.4. The largest absolute Gasteiger partial charge is 0.416 e. The third-order valence-electron chi connectivity index (χ3n) is 3.94. The van der Waals surface area contributed by atoms with Crippen molar-refractivity contribution >= 4 is 11.6 Å². The number of carbonyl (C=O) groups is 1. The van der Waals surface area contributed by atoms with Crippen molar-refractivity contribution in [3.05, 3.63) is 81.9 Å². The summed E-state index contributed by atoms with van der Waals surface area (Å²) in [5, 5.41) is 12.4. The van der Waals surface area contributed by atoms with Crippen LogP contribution < -0.4 is 10.9 Å². The number of halogens is 3. The van der Waals surface area contributed by atoms with E-state index in [-0.39, 0.29) is 11.1 Å². The number of fused-ring (bicyclic) bond motifs is 1. The molecular weight excluding hydrogens is 363 g/mol. The lowest BCUT2D eigenvalue weighted by molar-refractivity contribution is -0.139. The first kappa shape index (κ1) is 18.6. The molecule has 0 unspecified atom stereocenters. The number of rotatable bonds is 4. The van der Waals surface area contributed by atoms with Crippen LogP contribution in [-0.2, 0) is 6.18 Å². The first-order valence-electron chi connectivity index (χ1n) is 7.88. The van der Waals surface area contributed by atoms with E-state index in [0.29, 0.717) is 5.65 Å². The Morgan fingerprint density at radius 2 is 1.89 bits per heavy atom. The van der Waals surface area contributed by atoms with Crippen molar-refractivity contribution in [3.8, 4) is 0 Å². The second kappa shape index (κ2) is 7.20. The minimum Gasteiger partial charge on any atom is -0.387 e. The van der Waals surface area contributed by atoms with Crippen LogP contribution >= 0.6 is 0 Å². The summed E-state index contributed by atoms with van der Waals surface area (Å²) in [5.74, 6) is -0.839. The van der Waals surface area contributed by atoms with Gasteiger partial charge in [-0.3, -0.25) is 14.0 Å². The molecule has 1 amide bonds. The molecule has 1 aromatic carbocycles. The van der Waals surface area contributed by atoms with E-state index in [1.807, 2.05) is 0 Å². The molecule has 140 valence electrons. The molecule has 0 aliphatic carbocycles. The summed E-state index contributed by atoms with van der Waals surface area (Å²) >= 11 is 0. The Morgan fingerprint density at radius 1 is 1.19 bits per heavy atom. The van der Waals surface area contributed by atoms with Gasteiger partial charge in [0.05, 0.1) is 11.7 Å². The Balaban J connectivity index is 1.79. The van der Waals surface area contributed by atoms with Gasteiger partial charge >= 0.3 is 6.18 Å². The quantitative estimate of drug-likeness (QED) is 0.730. The maximum atomic E-state index is 13.0. The Labute approximate surface area is 150 Å². The first-order chi connectivity index (χ1) is 12.8. The van der Waals surface area contributed by atoms with Gasteiger partial charge in [0.2, 0.25) is 0 Å². The zero-order chi connectivity index (χ0) is 19.6. The number of nitrogens with one attached hydrogen (secondary N) is 1. The van der Waals surface area contributed by atoms with Crippen molar-refractivity contribution in [2.75, 3.05) is 6.54 Å². The Kier molecular flexibility index (Phi) is 4.95. The van der Waals surface area contributed by atoms with Crippen molar-refractivity contribution in [2.24, 2.45) is 0 Å². The van der Waals surface area contributed by atoms with Crippen molar-refractivity contribution in [1.82, 2.24) is 14.7 Å². The van der Waals surface area contributed by atoms with E-state index in [9.17, 15) is 27.9 Å². The van der Waals surface area contributed by atoms with Gasteiger partial charge in [-0.15, -0.1) is 0 Å². The highest BCUT2D eigenvalue weighted by molar-refractivity contribution is 5.93. The predicted octanol–water partition coefficient (Wildman–Crippen LogP) is 2.18. The summed E-state index contributed by atoms with van der Waals surface area (Å²) in [6.07, 6.45) is -3.70. The van der Waals surface area contributed by atoms with E-state index >= 15 is 0 Å². The van der Waals surface area contributed by atoms with E-state index in [1.165, 1.54) is 22.7 Å². The van der Waals surface area contributed by atoms with Crippen LogP contribution in [0, 0.1) is 0 Å². The number of benzene rings is 1. The van der Waals surface area contributed by atoms with Gasteiger partial charge in [0.25, 0.3) is 11.5 Å². The Morgan fingerprint density at radius 3 is 2.63 bits per heavy atom. The van der Waals surface area contributed by atoms with Crippen LogP contribution in [0.2, 0.25) is 0 Å². The molecule has 3 aromatic rings. The summed E-state index contributed by atoms with van der Waals surface area (Å²) in [6.45, 7) is -0.497. The highest BCUT2D eigenvalue weighted by Gasteiger charge is 2.34. The molecule has 2 aromatic heterocycles. The zero-order valence-corrected chi connectivity index (χ0v) is 13.8. The van der Waals surface area contributed by atoms with Crippen LogP contribution in [0.1, 0.15) is 27.6 Å². The fourth-order valence-corrected chi connectivity index (χ4v) is 2.62. The minimum absolute atomic E-state index is 0.282. The van der Waals surface area contributed by atoms with Crippen LogP contribution in [0.15, 0.2) is 59.7 Å². The molecule has 2 N–H and O–H groups in total. The molecule has 0 aliphatic rings. The lowest BCUT2D eigenvalue weighted by atomic mass is 10.0. The van der Waals surface area contributed by atoms with Crippen LogP contribution in [0.5, 0.6) is 0 Å². The van der Waals surface area contributed by atoms with Gasteiger partial charge in [0.15, 0.2) is 0 Å². The molecule has 9 heteroatoms. The van der Waals surface area contributed by atoms with Crippen molar-refractivity contribution in [3.63, 3.8) is 0 Å². The maximum Gasteiger partial charge on any atom is 0.416 e. The van der Waals surface area contributed by atoms with Crippen molar-refractivity contribution < 1.29 is 23.1 Å². The number of hydrogen-bond donors (Lipinski definition) is 2. The summed E-state index contributed by atoms with van der Waals surface area (Å²) < 4.78 is 40.2. The van der Waals surface area contributed by atoms with E-state index in [2.05, 4.69) is 10.3 Å². The average molecular weight is 377 g/mol. The lowest BCUT2D eigenvalue weighted by Crippen LogP contribution is -2.34. The lowest BCUT2D eigenvalue weighted by Gasteiger charge is -2.17. The molecule has 2 heterocycles. The van der Waals surface area contributed by atoms with Crippen LogP contribution in [0.25, 0.3) is 5.65 Å². The fraction of sp³-hybridized carbons (Fsp3) is 0.167.